The highest BCUT2D eigenvalue weighted by molar-refractivity contribution is 7.86. The Morgan fingerprint density at radius 1 is 1.43 bits per heavy atom. The molecule has 0 radical (unpaired) electrons. The van der Waals surface area contributed by atoms with Crippen LogP contribution in [0.4, 0.5) is 4.39 Å². The van der Waals surface area contributed by atoms with Gasteiger partial charge in [0, 0.05) is 0 Å². The predicted octanol–water partition coefficient (Wildman–Crippen LogP) is 1.69. The zero-order valence-electron chi connectivity index (χ0n) is 7.73. The van der Waals surface area contributed by atoms with Crippen LogP contribution in [0.5, 0.6) is 0 Å². The monoisotopic (exact) mass is 218 g/mol. The summed E-state index contributed by atoms with van der Waals surface area (Å²) in [7, 11) is -3.45. The van der Waals surface area contributed by atoms with E-state index in [1.165, 1.54) is 25.1 Å². The number of hydrogen-bond acceptors (Lipinski definition) is 3. The summed E-state index contributed by atoms with van der Waals surface area (Å²) in [4.78, 5) is 0. The second kappa shape index (κ2) is 4.52. The van der Waals surface area contributed by atoms with E-state index in [0.717, 1.165) is 0 Å². The Morgan fingerprint density at radius 3 is 2.71 bits per heavy atom. The molecule has 1 rings (SSSR count). The van der Waals surface area contributed by atoms with Crippen molar-refractivity contribution in [1.82, 2.24) is 0 Å². The van der Waals surface area contributed by atoms with Crippen LogP contribution in [0, 0.1) is 5.82 Å². The summed E-state index contributed by atoms with van der Waals surface area (Å²) in [5.41, 5.74) is 0.502. The second-order valence-corrected chi connectivity index (χ2v) is 4.67. The minimum absolute atomic E-state index is 0.0810. The van der Waals surface area contributed by atoms with Crippen LogP contribution in [-0.4, -0.2) is 14.2 Å². The first kappa shape index (κ1) is 11.1. The van der Waals surface area contributed by atoms with E-state index in [2.05, 4.69) is 4.18 Å². The maximum absolute atomic E-state index is 12.7. The van der Waals surface area contributed by atoms with Gasteiger partial charge in [-0.1, -0.05) is 12.1 Å². The van der Waals surface area contributed by atoms with Crippen molar-refractivity contribution >= 4 is 10.1 Å². The Kier molecular flexibility index (Phi) is 3.60. The van der Waals surface area contributed by atoms with E-state index < -0.39 is 15.9 Å². The first-order valence-corrected chi connectivity index (χ1v) is 5.73. The van der Waals surface area contributed by atoms with Gasteiger partial charge in [-0.25, -0.2) is 4.39 Å². The Hall–Kier alpha value is -0.940. The van der Waals surface area contributed by atoms with Crippen LogP contribution >= 0.6 is 0 Å². The summed E-state index contributed by atoms with van der Waals surface area (Å²) in [5, 5.41) is 0. The predicted molar refractivity (Wildman–Crippen MR) is 50.6 cm³/mol. The van der Waals surface area contributed by atoms with Gasteiger partial charge in [-0.15, -0.1) is 0 Å². The number of benzene rings is 1. The highest BCUT2D eigenvalue weighted by atomic mass is 32.2. The average molecular weight is 218 g/mol. The molecule has 14 heavy (non-hydrogen) atoms. The van der Waals surface area contributed by atoms with Gasteiger partial charge in [0.25, 0.3) is 10.1 Å². The molecule has 0 saturated heterocycles. The summed E-state index contributed by atoms with van der Waals surface area (Å²) < 4.78 is 39.2. The Morgan fingerprint density at radius 2 is 2.14 bits per heavy atom. The second-order valence-electron chi connectivity index (χ2n) is 2.74. The fourth-order valence-corrected chi connectivity index (χ4v) is 1.35. The van der Waals surface area contributed by atoms with Crippen LogP contribution in [-0.2, 0) is 20.9 Å². The van der Waals surface area contributed by atoms with Crippen molar-refractivity contribution in [3.05, 3.63) is 35.6 Å². The molecule has 0 atom stereocenters. The molecule has 0 aliphatic carbocycles. The third-order valence-electron chi connectivity index (χ3n) is 1.65. The van der Waals surface area contributed by atoms with Gasteiger partial charge in [-0.3, -0.25) is 4.18 Å². The molecule has 1 aromatic carbocycles. The van der Waals surface area contributed by atoms with Gasteiger partial charge in [-0.05, 0) is 24.6 Å². The minimum Gasteiger partial charge on any atom is -0.265 e. The molecule has 0 bridgehead atoms. The maximum atomic E-state index is 12.7. The molecule has 0 amide bonds. The molecule has 0 heterocycles. The minimum atomic E-state index is -3.45. The highest BCUT2D eigenvalue weighted by Crippen LogP contribution is 2.06. The van der Waals surface area contributed by atoms with E-state index in [1.807, 2.05) is 0 Å². The molecular formula is C9H11FO3S. The fourth-order valence-electron chi connectivity index (χ4n) is 0.868. The summed E-state index contributed by atoms with van der Waals surface area (Å²) in [6.45, 7) is 1.37. The van der Waals surface area contributed by atoms with Crippen LogP contribution in [0.1, 0.15) is 12.5 Å². The molecule has 1 aromatic rings. The average Bonchev–Trinajstić information content (AvgIpc) is 2.15. The van der Waals surface area contributed by atoms with Crippen LogP contribution in [0.2, 0.25) is 0 Å². The van der Waals surface area contributed by atoms with Gasteiger partial charge in [-0.2, -0.15) is 8.42 Å². The molecular weight excluding hydrogens is 207 g/mol. The smallest absolute Gasteiger partial charge is 0.265 e. The fraction of sp³-hybridized carbons (Fsp3) is 0.333. The van der Waals surface area contributed by atoms with E-state index in [4.69, 9.17) is 0 Å². The standard InChI is InChI=1S/C9H11FO3S/c1-2-14(11,12)13-7-8-4-3-5-9(10)6-8/h3-6H,2,7H2,1H3. The van der Waals surface area contributed by atoms with Gasteiger partial charge >= 0.3 is 0 Å². The first-order chi connectivity index (χ1) is 6.53. The van der Waals surface area contributed by atoms with E-state index >= 15 is 0 Å². The summed E-state index contributed by atoms with van der Waals surface area (Å²) in [6.07, 6.45) is 0. The molecule has 0 unspecified atom stereocenters. The zero-order chi connectivity index (χ0) is 10.6. The molecule has 0 aromatic heterocycles. The molecule has 0 fully saturated rings. The molecule has 0 aliphatic rings. The molecule has 78 valence electrons. The Balaban J connectivity index is 2.63. The third kappa shape index (κ3) is 3.43. The maximum Gasteiger partial charge on any atom is 0.267 e. The number of rotatable bonds is 4. The quantitative estimate of drug-likeness (QED) is 0.722. The van der Waals surface area contributed by atoms with Crippen molar-refractivity contribution in [1.29, 1.82) is 0 Å². The van der Waals surface area contributed by atoms with E-state index in [9.17, 15) is 12.8 Å². The third-order valence-corrected chi connectivity index (χ3v) is 2.83. The lowest BCUT2D eigenvalue weighted by Crippen LogP contribution is -2.07. The van der Waals surface area contributed by atoms with Crippen LogP contribution < -0.4 is 0 Å². The zero-order valence-corrected chi connectivity index (χ0v) is 8.55. The first-order valence-electron chi connectivity index (χ1n) is 4.15. The van der Waals surface area contributed by atoms with Gasteiger partial charge in [0.1, 0.15) is 5.82 Å². The summed E-state index contributed by atoms with van der Waals surface area (Å²) >= 11 is 0. The number of halogens is 1. The van der Waals surface area contributed by atoms with E-state index in [0.29, 0.717) is 5.56 Å². The van der Waals surface area contributed by atoms with Crippen LogP contribution in [0.15, 0.2) is 24.3 Å². The van der Waals surface area contributed by atoms with Gasteiger partial charge < -0.3 is 0 Å². The van der Waals surface area contributed by atoms with Crippen molar-refractivity contribution in [2.24, 2.45) is 0 Å². The van der Waals surface area contributed by atoms with Gasteiger partial charge in [0.2, 0.25) is 0 Å². The lowest BCUT2D eigenvalue weighted by Gasteiger charge is -2.02. The van der Waals surface area contributed by atoms with Gasteiger partial charge in [0.05, 0.1) is 12.4 Å². The SMILES string of the molecule is CCS(=O)(=O)OCc1cccc(F)c1. The molecule has 5 heteroatoms. The van der Waals surface area contributed by atoms with Crippen molar-refractivity contribution in [2.45, 2.75) is 13.5 Å². The van der Waals surface area contributed by atoms with Crippen molar-refractivity contribution in [3.63, 3.8) is 0 Å². The van der Waals surface area contributed by atoms with Crippen molar-refractivity contribution in [3.8, 4) is 0 Å². The molecule has 0 spiro atoms. The summed E-state index contributed by atoms with van der Waals surface area (Å²) in [6, 6.07) is 5.64. The van der Waals surface area contributed by atoms with Crippen molar-refractivity contribution in [2.75, 3.05) is 5.75 Å². The molecule has 0 aliphatic heterocycles. The largest absolute Gasteiger partial charge is 0.267 e. The van der Waals surface area contributed by atoms with Crippen LogP contribution in [0.25, 0.3) is 0 Å². The molecule has 0 N–H and O–H groups in total. The Bertz CT molecular complexity index is 400. The topological polar surface area (TPSA) is 43.4 Å². The lowest BCUT2D eigenvalue weighted by molar-refractivity contribution is 0.308. The highest BCUT2D eigenvalue weighted by Gasteiger charge is 2.07. The Labute approximate surface area is 82.6 Å². The van der Waals surface area contributed by atoms with E-state index in [-0.39, 0.29) is 12.4 Å². The lowest BCUT2D eigenvalue weighted by atomic mass is 10.2. The number of hydrogen-bond donors (Lipinski definition) is 0. The van der Waals surface area contributed by atoms with Gasteiger partial charge in [0.15, 0.2) is 0 Å². The van der Waals surface area contributed by atoms with Crippen molar-refractivity contribution < 1.29 is 17.0 Å². The van der Waals surface area contributed by atoms with E-state index in [1.54, 1.807) is 6.07 Å². The summed E-state index contributed by atoms with van der Waals surface area (Å²) in [5.74, 6) is -0.484. The molecule has 0 saturated carbocycles. The van der Waals surface area contributed by atoms with Crippen LogP contribution in [0.3, 0.4) is 0 Å². The normalized spacial score (nSPS) is 11.6. The molecule has 3 nitrogen and oxygen atoms in total.